The quantitative estimate of drug-likeness (QED) is 0.552. The van der Waals surface area contributed by atoms with E-state index in [1.807, 2.05) is 0 Å². The molecule has 1 amide bonds. The highest BCUT2D eigenvalue weighted by atomic mass is 35.5. The highest BCUT2D eigenvalue weighted by Gasteiger charge is 2.37. The van der Waals surface area contributed by atoms with Gasteiger partial charge in [0.25, 0.3) is 0 Å². The molecule has 0 saturated carbocycles. The Morgan fingerprint density at radius 3 is 2.41 bits per heavy atom. The van der Waals surface area contributed by atoms with Crippen molar-refractivity contribution in [2.45, 2.75) is 6.42 Å². The van der Waals surface area contributed by atoms with Gasteiger partial charge in [0.15, 0.2) is 11.5 Å². The van der Waals surface area contributed by atoms with Crippen molar-refractivity contribution in [3.8, 4) is 17.2 Å². The molecule has 1 fully saturated rings. The van der Waals surface area contributed by atoms with Crippen molar-refractivity contribution in [2.75, 3.05) is 25.7 Å². The van der Waals surface area contributed by atoms with Crippen molar-refractivity contribution in [3.05, 3.63) is 46.4 Å². The van der Waals surface area contributed by atoms with Crippen molar-refractivity contribution in [1.29, 1.82) is 0 Å². The van der Waals surface area contributed by atoms with E-state index in [1.165, 1.54) is 31.3 Å². The first kappa shape index (κ1) is 19.3. The summed E-state index contributed by atoms with van der Waals surface area (Å²) >= 11 is 11.9. The highest BCUT2D eigenvalue weighted by molar-refractivity contribution is 6.35. The lowest BCUT2D eigenvalue weighted by Crippen LogP contribution is -2.27. The first-order valence-corrected chi connectivity index (χ1v) is 8.87. The fourth-order valence-corrected chi connectivity index (χ4v) is 3.30. The Bertz CT molecular complexity index is 886. The van der Waals surface area contributed by atoms with Crippen molar-refractivity contribution < 1.29 is 23.8 Å². The number of methoxy groups -OCH3 is 2. The molecule has 2 aromatic carbocycles. The normalized spacial score (nSPS) is 16.4. The molecule has 0 aromatic heterocycles. The maximum Gasteiger partial charge on any atom is 0.316 e. The van der Waals surface area contributed by atoms with Gasteiger partial charge in [-0.05, 0) is 30.3 Å². The van der Waals surface area contributed by atoms with Crippen LogP contribution in [-0.2, 0) is 9.59 Å². The van der Waals surface area contributed by atoms with Gasteiger partial charge in [0.05, 0.1) is 25.2 Å². The number of nitrogens with zero attached hydrogens (tertiary/aromatic N) is 1. The number of rotatable bonds is 5. The lowest BCUT2D eigenvalue weighted by atomic mass is 10.1. The van der Waals surface area contributed by atoms with E-state index in [1.54, 1.807) is 24.3 Å². The molecule has 1 atom stereocenters. The van der Waals surface area contributed by atoms with E-state index >= 15 is 0 Å². The van der Waals surface area contributed by atoms with E-state index in [4.69, 9.17) is 37.4 Å². The second kappa shape index (κ2) is 8.06. The Labute approximate surface area is 166 Å². The number of amides is 1. The van der Waals surface area contributed by atoms with E-state index in [9.17, 15) is 9.59 Å². The number of esters is 1. The van der Waals surface area contributed by atoms with Crippen LogP contribution >= 0.6 is 23.2 Å². The Morgan fingerprint density at radius 2 is 1.74 bits per heavy atom. The molecule has 0 spiro atoms. The molecule has 8 heteroatoms. The molecule has 0 aliphatic carbocycles. The van der Waals surface area contributed by atoms with Gasteiger partial charge in [-0.2, -0.15) is 0 Å². The molecule has 6 nitrogen and oxygen atoms in total. The number of benzene rings is 2. The minimum atomic E-state index is -0.600. The molecule has 1 saturated heterocycles. The molecule has 0 bridgehead atoms. The lowest BCUT2D eigenvalue weighted by molar-refractivity contribution is -0.139. The maximum atomic E-state index is 12.5. The zero-order valence-corrected chi connectivity index (χ0v) is 16.2. The Hall–Kier alpha value is -2.44. The fourth-order valence-electron chi connectivity index (χ4n) is 2.86. The summed E-state index contributed by atoms with van der Waals surface area (Å²) in [6.07, 6.45) is 0.0540. The van der Waals surface area contributed by atoms with E-state index in [0.29, 0.717) is 22.2 Å². The molecule has 142 valence electrons. The summed E-state index contributed by atoms with van der Waals surface area (Å²) in [5.41, 5.74) is 0.623. The van der Waals surface area contributed by atoms with Gasteiger partial charge in [0.1, 0.15) is 5.75 Å². The zero-order valence-electron chi connectivity index (χ0n) is 14.7. The van der Waals surface area contributed by atoms with E-state index in [-0.39, 0.29) is 29.6 Å². The predicted molar refractivity (Wildman–Crippen MR) is 102 cm³/mol. The molecule has 1 unspecified atom stereocenters. The van der Waals surface area contributed by atoms with Crippen molar-refractivity contribution in [1.82, 2.24) is 0 Å². The standard InChI is InChI=1S/C19H17Cl2NO5/c1-25-16-6-4-13(9-17(16)26-2)22-10-11(7-18(22)23)19(24)27-15-5-3-12(20)8-14(15)21/h3-6,8-9,11H,7,10H2,1-2H3. The number of carbonyl (C=O) groups is 2. The number of ether oxygens (including phenoxy) is 3. The minimum absolute atomic E-state index is 0.0540. The number of hydrogen-bond donors (Lipinski definition) is 0. The molecule has 0 radical (unpaired) electrons. The minimum Gasteiger partial charge on any atom is -0.493 e. The zero-order chi connectivity index (χ0) is 19.6. The van der Waals surface area contributed by atoms with E-state index < -0.39 is 11.9 Å². The average molecular weight is 410 g/mol. The van der Waals surface area contributed by atoms with Gasteiger partial charge in [-0.3, -0.25) is 9.59 Å². The smallest absolute Gasteiger partial charge is 0.316 e. The molecule has 2 aromatic rings. The van der Waals surface area contributed by atoms with Crippen LogP contribution in [0.15, 0.2) is 36.4 Å². The summed E-state index contributed by atoms with van der Waals surface area (Å²) < 4.78 is 15.8. The van der Waals surface area contributed by atoms with Crippen LogP contribution in [0.2, 0.25) is 10.0 Å². The Balaban J connectivity index is 1.74. The van der Waals surface area contributed by atoms with Crippen LogP contribution in [-0.4, -0.2) is 32.6 Å². The van der Waals surface area contributed by atoms with Crippen LogP contribution in [0.25, 0.3) is 0 Å². The number of carbonyl (C=O) groups excluding carboxylic acids is 2. The third-order valence-corrected chi connectivity index (χ3v) is 4.77. The molecule has 1 aliphatic rings. The van der Waals surface area contributed by atoms with Gasteiger partial charge in [-0.1, -0.05) is 23.2 Å². The summed E-state index contributed by atoms with van der Waals surface area (Å²) in [5, 5.41) is 0.674. The number of hydrogen-bond acceptors (Lipinski definition) is 5. The molecular formula is C19H17Cl2NO5. The third kappa shape index (κ3) is 4.12. The van der Waals surface area contributed by atoms with Crippen LogP contribution in [0.1, 0.15) is 6.42 Å². The molecule has 27 heavy (non-hydrogen) atoms. The van der Waals surface area contributed by atoms with Gasteiger partial charge in [-0.25, -0.2) is 0 Å². The predicted octanol–water partition coefficient (Wildman–Crippen LogP) is 3.97. The van der Waals surface area contributed by atoms with Crippen LogP contribution in [0.4, 0.5) is 5.69 Å². The summed E-state index contributed by atoms with van der Waals surface area (Å²) in [6, 6.07) is 9.73. The number of halogens is 2. The first-order chi connectivity index (χ1) is 12.9. The number of anilines is 1. The topological polar surface area (TPSA) is 65.1 Å². The maximum absolute atomic E-state index is 12.5. The van der Waals surface area contributed by atoms with Gasteiger partial charge in [0.2, 0.25) is 5.91 Å². The molecule has 1 heterocycles. The Morgan fingerprint density at radius 1 is 1.04 bits per heavy atom. The SMILES string of the molecule is COc1ccc(N2CC(C(=O)Oc3ccc(Cl)cc3Cl)CC2=O)cc1OC. The lowest BCUT2D eigenvalue weighted by Gasteiger charge is -2.18. The fraction of sp³-hybridized carbons (Fsp3) is 0.263. The van der Waals surface area contributed by atoms with Gasteiger partial charge in [-0.15, -0.1) is 0 Å². The van der Waals surface area contributed by atoms with Crippen LogP contribution in [0.5, 0.6) is 17.2 Å². The second-order valence-electron chi connectivity index (χ2n) is 5.94. The average Bonchev–Trinajstić information content (AvgIpc) is 3.05. The summed E-state index contributed by atoms with van der Waals surface area (Å²) in [7, 11) is 3.05. The molecule has 1 aliphatic heterocycles. The largest absolute Gasteiger partial charge is 0.493 e. The second-order valence-corrected chi connectivity index (χ2v) is 6.78. The van der Waals surface area contributed by atoms with E-state index in [2.05, 4.69) is 0 Å². The van der Waals surface area contributed by atoms with E-state index in [0.717, 1.165) is 0 Å². The molecular weight excluding hydrogens is 393 g/mol. The monoisotopic (exact) mass is 409 g/mol. The van der Waals surface area contributed by atoms with Gasteiger partial charge < -0.3 is 19.1 Å². The molecule has 3 rings (SSSR count). The third-order valence-electron chi connectivity index (χ3n) is 4.24. The van der Waals surface area contributed by atoms with Crippen molar-refractivity contribution >= 4 is 40.8 Å². The van der Waals surface area contributed by atoms with Crippen LogP contribution in [0.3, 0.4) is 0 Å². The van der Waals surface area contributed by atoms with Gasteiger partial charge >= 0.3 is 5.97 Å². The summed E-state index contributed by atoms with van der Waals surface area (Å²) in [5.74, 6) is -0.0228. The van der Waals surface area contributed by atoms with Crippen molar-refractivity contribution in [2.24, 2.45) is 5.92 Å². The van der Waals surface area contributed by atoms with Crippen LogP contribution < -0.4 is 19.1 Å². The summed E-state index contributed by atoms with van der Waals surface area (Å²) in [6.45, 7) is 0.207. The summed E-state index contributed by atoms with van der Waals surface area (Å²) in [4.78, 5) is 26.4. The van der Waals surface area contributed by atoms with Crippen molar-refractivity contribution in [3.63, 3.8) is 0 Å². The molecule has 0 N–H and O–H groups in total. The van der Waals surface area contributed by atoms with Crippen LogP contribution in [0, 0.1) is 5.92 Å². The highest BCUT2D eigenvalue weighted by Crippen LogP contribution is 2.35. The van der Waals surface area contributed by atoms with Gasteiger partial charge in [0, 0.05) is 29.7 Å². The Kier molecular flexibility index (Phi) is 5.77. The first-order valence-electron chi connectivity index (χ1n) is 8.12.